The van der Waals surface area contributed by atoms with Crippen molar-refractivity contribution >= 4 is 11.6 Å². The Bertz CT molecular complexity index is 375. The summed E-state index contributed by atoms with van der Waals surface area (Å²) in [5.74, 6) is 0.925. The van der Waals surface area contributed by atoms with Gasteiger partial charge in [0.25, 0.3) is 0 Å². The number of nitrogens with zero attached hydrogens (tertiary/aromatic N) is 1. The van der Waals surface area contributed by atoms with E-state index in [-0.39, 0.29) is 0 Å². The average Bonchev–Trinajstić information content (AvgIpc) is 2.91. The van der Waals surface area contributed by atoms with Crippen LogP contribution in [0.5, 0.6) is 0 Å². The molecule has 0 spiro atoms. The summed E-state index contributed by atoms with van der Waals surface area (Å²) >= 11 is 6.17. The highest BCUT2D eigenvalue weighted by Gasteiger charge is 2.13. The van der Waals surface area contributed by atoms with E-state index in [1.807, 2.05) is 18.2 Å². The van der Waals surface area contributed by atoms with Gasteiger partial charge < -0.3 is 10.2 Å². The molecule has 2 rings (SSSR count). The van der Waals surface area contributed by atoms with Gasteiger partial charge in [0.15, 0.2) is 0 Å². The highest BCUT2D eigenvalue weighted by molar-refractivity contribution is 6.31. The Morgan fingerprint density at radius 1 is 1.26 bits per heavy atom. The molecule has 1 saturated carbocycles. The molecule has 0 radical (unpaired) electrons. The third kappa shape index (κ3) is 5.13. The van der Waals surface area contributed by atoms with Crippen LogP contribution in [0.4, 0.5) is 0 Å². The molecule has 106 valence electrons. The molecule has 1 fully saturated rings. The minimum absolute atomic E-state index is 0.869. The van der Waals surface area contributed by atoms with Gasteiger partial charge in [-0.3, -0.25) is 0 Å². The van der Waals surface area contributed by atoms with Gasteiger partial charge in [-0.15, -0.1) is 0 Å². The molecule has 0 amide bonds. The first-order valence-electron chi connectivity index (χ1n) is 7.38. The SMILES string of the molecule is CN(CCNCC1CCCC1)Cc1ccccc1Cl. The number of halogens is 1. The maximum atomic E-state index is 6.17. The zero-order valence-corrected chi connectivity index (χ0v) is 12.6. The smallest absolute Gasteiger partial charge is 0.0451 e. The van der Waals surface area contributed by atoms with Crippen LogP contribution < -0.4 is 5.32 Å². The van der Waals surface area contributed by atoms with Crippen LogP contribution >= 0.6 is 11.6 Å². The van der Waals surface area contributed by atoms with Crippen LogP contribution in [-0.2, 0) is 6.54 Å². The Morgan fingerprint density at radius 2 is 2.00 bits per heavy atom. The van der Waals surface area contributed by atoms with Gasteiger partial charge in [0, 0.05) is 24.7 Å². The number of hydrogen-bond acceptors (Lipinski definition) is 2. The Morgan fingerprint density at radius 3 is 2.74 bits per heavy atom. The highest BCUT2D eigenvalue weighted by Crippen LogP contribution is 2.23. The molecule has 0 aliphatic heterocycles. The van der Waals surface area contributed by atoms with Crippen molar-refractivity contribution in [2.75, 3.05) is 26.7 Å². The Balaban J connectivity index is 1.61. The summed E-state index contributed by atoms with van der Waals surface area (Å²) in [5, 5.41) is 4.45. The summed E-state index contributed by atoms with van der Waals surface area (Å²) in [6, 6.07) is 8.09. The van der Waals surface area contributed by atoms with Crippen molar-refractivity contribution in [3.63, 3.8) is 0 Å². The molecule has 1 aliphatic carbocycles. The fourth-order valence-electron chi connectivity index (χ4n) is 2.79. The minimum atomic E-state index is 0.869. The molecule has 1 aromatic rings. The standard InChI is InChI=1S/C16H25ClN2/c1-19(13-15-8-4-5-9-16(15)17)11-10-18-12-14-6-2-3-7-14/h4-5,8-9,14,18H,2-3,6-7,10-13H2,1H3. The number of rotatable bonds is 7. The number of benzene rings is 1. The van der Waals surface area contributed by atoms with E-state index in [9.17, 15) is 0 Å². The fourth-order valence-corrected chi connectivity index (χ4v) is 2.98. The predicted octanol–water partition coefficient (Wildman–Crippen LogP) is 3.55. The lowest BCUT2D eigenvalue weighted by Gasteiger charge is -2.18. The second-order valence-corrected chi connectivity index (χ2v) is 6.09. The summed E-state index contributed by atoms with van der Waals surface area (Å²) in [5.41, 5.74) is 1.21. The van der Waals surface area contributed by atoms with Crippen molar-refractivity contribution in [2.24, 2.45) is 5.92 Å². The summed E-state index contributed by atoms with van der Waals surface area (Å²) < 4.78 is 0. The van der Waals surface area contributed by atoms with E-state index < -0.39 is 0 Å². The number of nitrogens with one attached hydrogen (secondary N) is 1. The van der Waals surface area contributed by atoms with Gasteiger partial charge in [-0.05, 0) is 44.0 Å². The molecule has 0 unspecified atom stereocenters. The molecule has 19 heavy (non-hydrogen) atoms. The lowest BCUT2D eigenvalue weighted by molar-refractivity contribution is 0.320. The Hall–Kier alpha value is -0.570. The maximum Gasteiger partial charge on any atom is 0.0451 e. The van der Waals surface area contributed by atoms with Gasteiger partial charge in [0.05, 0.1) is 0 Å². The molecule has 0 saturated heterocycles. The van der Waals surface area contributed by atoms with Crippen molar-refractivity contribution in [3.05, 3.63) is 34.9 Å². The Kier molecular flexibility index (Phi) is 6.15. The molecule has 0 atom stereocenters. The first-order valence-corrected chi connectivity index (χ1v) is 7.76. The molecule has 1 aliphatic rings. The van der Waals surface area contributed by atoms with Crippen LogP contribution in [0.3, 0.4) is 0 Å². The van der Waals surface area contributed by atoms with E-state index in [0.717, 1.165) is 30.6 Å². The van der Waals surface area contributed by atoms with Gasteiger partial charge >= 0.3 is 0 Å². The van der Waals surface area contributed by atoms with Crippen LogP contribution in [0, 0.1) is 5.92 Å². The average molecular weight is 281 g/mol. The first-order chi connectivity index (χ1) is 9.25. The van der Waals surface area contributed by atoms with Crippen LogP contribution in [0.2, 0.25) is 5.02 Å². The zero-order chi connectivity index (χ0) is 13.5. The molecule has 1 aromatic carbocycles. The van der Waals surface area contributed by atoms with Gasteiger partial charge in [-0.1, -0.05) is 42.6 Å². The molecule has 0 bridgehead atoms. The van der Waals surface area contributed by atoms with Gasteiger partial charge in [0.2, 0.25) is 0 Å². The quantitative estimate of drug-likeness (QED) is 0.769. The molecule has 1 N–H and O–H groups in total. The van der Waals surface area contributed by atoms with E-state index in [1.54, 1.807) is 0 Å². The van der Waals surface area contributed by atoms with Gasteiger partial charge in [-0.25, -0.2) is 0 Å². The van der Waals surface area contributed by atoms with Crippen molar-refractivity contribution in [1.82, 2.24) is 10.2 Å². The number of hydrogen-bond donors (Lipinski definition) is 1. The van der Waals surface area contributed by atoms with E-state index >= 15 is 0 Å². The van der Waals surface area contributed by atoms with Gasteiger partial charge in [-0.2, -0.15) is 0 Å². The number of likely N-dealkylation sites (N-methyl/N-ethyl adjacent to an activating group) is 1. The van der Waals surface area contributed by atoms with Crippen LogP contribution in [0.25, 0.3) is 0 Å². The maximum absolute atomic E-state index is 6.17. The normalized spacial score (nSPS) is 16.4. The van der Waals surface area contributed by atoms with Crippen molar-refractivity contribution in [2.45, 2.75) is 32.2 Å². The summed E-state index contributed by atoms with van der Waals surface area (Å²) in [4.78, 5) is 2.32. The topological polar surface area (TPSA) is 15.3 Å². The second kappa shape index (κ2) is 7.88. The third-order valence-electron chi connectivity index (χ3n) is 3.98. The van der Waals surface area contributed by atoms with Crippen molar-refractivity contribution in [3.8, 4) is 0 Å². The predicted molar refractivity (Wildman–Crippen MR) is 82.6 cm³/mol. The van der Waals surface area contributed by atoms with E-state index in [1.165, 1.54) is 37.8 Å². The largest absolute Gasteiger partial charge is 0.315 e. The lowest BCUT2D eigenvalue weighted by atomic mass is 10.1. The van der Waals surface area contributed by atoms with E-state index in [0.29, 0.717) is 0 Å². The van der Waals surface area contributed by atoms with E-state index in [4.69, 9.17) is 11.6 Å². The molecular formula is C16H25ClN2. The molecule has 3 heteroatoms. The first kappa shape index (κ1) is 14.8. The van der Waals surface area contributed by atoms with Crippen molar-refractivity contribution in [1.29, 1.82) is 0 Å². The van der Waals surface area contributed by atoms with Crippen LogP contribution in [0.1, 0.15) is 31.2 Å². The molecule has 0 aromatic heterocycles. The summed E-state index contributed by atoms with van der Waals surface area (Å²) in [6.45, 7) is 4.25. The third-order valence-corrected chi connectivity index (χ3v) is 4.34. The summed E-state index contributed by atoms with van der Waals surface area (Å²) in [7, 11) is 2.15. The molecule has 0 heterocycles. The molecular weight excluding hydrogens is 256 g/mol. The van der Waals surface area contributed by atoms with Crippen LogP contribution in [-0.4, -0.2) is 31.6 Å². The lowest BCUT2D eigenvalue weighted by Crippen LogP contribution is -2.31. The monoisotopic (exact) mass is 280 g/mol. The van der Waals surface area contributed by atoms with Gasteiger partial charge in [0.1, 0.15) is 0 Å². The second-order valence-electron chi connectivity index (χ2n) is 5.68. The fraction of sp³-hybridized carbons (Fsp3) is 0.625. The van der Waals surface area contributed by atoms with Crippen LogP contribution in [0.15, 0.2) is 24.3 Å². The van der Waals surface area contributed by atoms with E-state index in [2.05, 4.69) is 23.3 Å². The molecule has 2 nitrogen and oxygen atoms in total. The summed E-state index contributed by atoms with van der Waals surface area (Å²) in [6.07, 6.45) is 5.70. The van der Waals surface area contributed by atoms with Crippen molar-refractivity contribution < 1.29 is 0 Å². The minimum Gasteiger partial charge on any atom is -0.315 e. The zero-order valence-electron chi connectivity index (χ0n) is 11.9. The highest BCUT2D eigenvalue weighted by atomic mass is 35.5. The Labute approximate surface area is 122 Å².